The number of carboxylic acid groups (broad SMARTS) is 1. The molecule has 20 heavy (non-hydrogen) atoms. The summed E-state index contributed by atoms with van der Waals surface area (Å²) >= 11 is 0. The number of carbonyl (C=O) groups is 2. The molecule has 2 N–H and O–H groups in total. The largest absolute Gasteiger partial charge is 0.533 e. The van der Waals surface area contributed by atoms with Crippen LogP contribution in [0.4, 0.5) is 4.79 Å². The van der Waals surface area contributed by atoms with Crippen LogP contribution >= 0.6 is 0 Å². The van der Waals surface area contributed by atoms with Gasteiger partial charge in [-0.2, -0.15) is 4.79 Å². The molecule has 0 aromatic heterocycles. The monoisotopic (exact) mass is 279 g/mol. The highest BCUT2D eigenvalue weighted by Gasteiger charge is 2.45. The van der Waals surface area contributed by atoms with Crippen LogP contribution in [0.5, 0.6) is 0 Å². The van der Waals surface area contributed by atoms with Gasteiger partial charge in [0.2, 0.25) is 0 Å². The fourth-order valence-electron chi connectivity index (χ4n) is 2.54. The Kier molecular flexibility index (Phi) is 4.36. The molecule has 1 unspecified atom stereocenters. The van der Waals surface area contributed by atoms with E-state index < -0.39 is 18.1 Å². The Morgan fingerprint density at radius 3 is 2.70 bits per heavy atom. The molecule has 0 bridgehead atoms. The Morgan fingerprint density at radius 1 is 1.40 bits per heavy atom. The van der Waals surface area contributed by atoms with Gasteiger partial charge in [0.05, 0.1) is 7.11 Å². The molecule has 1 aromatic carbocycles. The second kappa shape index (κ2) is 6.02. The van der Waals surface area contributed by atoms with Crippen LogP contribution in [-0.2, 0) is 16.1 Å². The van der Waals surface area contributed by atoms with Crippen molar-refractivity contribution in [2.45, 2.75) is 25.4 Å². The third kappa shape index (κ3) is 2.97. The number of quaternary nitrogens is 1. The normalized spacial score (nSPS) is 25.9. The van der Waals surface area contributed by atoms with Crippen LogP contribution in [0.15, 0.2) is 30.3 Å². The summed E-state index contributed by atoms with van der Waals surface area (Å²) in [6.45, 7) is 0.737. The summed E-state index contributed by atoms with van der Waals surface area (Å²) in [5.41, 5.74) is 3.84. The summed E-state index contributed by atoms with van der Waals surface area (Å²) in [5, 5.41) is 9.58. The van der Waals surface area contributed by atoms with Gasteiger partial charge in [0.25, 0.3) is 0 Å². The van der Waals surface area contributed by atoms with Crippen molar-refractivity contribution in [1.29, 1.82) is 0 Å². The van der Waals surface area contributed by atoms with E-state index in [0.717, 1.165) is 5.56 Å². The number of rotatable bonds is 3. The second-order valence-corrected chi connectivity index (χ2v) is 4.96. The third-order valence-electron chi connectivity index (χ3n) is 3.58. The molecule has 2 rings (SSSR count). The lowest BCUT2D eigenvalue weighted by molar-refractivity contribution is -0.921. The predicted molar refractivity (Wildman–Crippen MR) is 71.5 cm³/mol. The maximum atomic E-state index is 11.7. The van der Waals surface area contributed by atoms with Crippen molar-refractivity contribution in [2.24, 2.45) is 0 Å². The summed E-state index contributed by atoms with van der Waals surface area (Å²) in [5.74, 6) is -0.415. The number of hydrogen-bond acceptors (Lipinski definition) is 4. The van der Waals surface area contributed by atoms with Gasteiger partial charge >= 0.3 is 12.1 Å². The number of esters is 1. The van der Waals surface area contributed by atoms with Gasteiger partial charge in [0.1, 0.15) is 13.1 Å². The SMILES string of the molecule is COC(=O)C1CCC[N@+](Cc2ccccc2)(C(=O)O)N1. The average Bonchev–Trinajstić information content (AvgIpc) is 2.47. The van der Waals surface area contributed by atoms with E-state index in [1.807, 2.05) is 30.3 Å². The minimum atomic E-state index is -0.984. The number of ether oxygens (including phenoxy) is 1. The standard InChI is InChI=1S/C14H18N2O4/c1-20-13(17)12-8-5-9-16(15-12,14(18)19)10-11-6-3-2-4-7-11/h2-4,6-7,12,15H,5,8-10H2,1H3/p+1/t12?,16-/m0/s1. The van der Waals surface area contributed by atoms with E-state index in [-0.39, 0.29) is 4.59 Å². The third-order valence-corrected chi connectivity index (χ3v) is 3.58. The molecule has 1 aromatic rings. The molecule has 1 aliphatic heterocycles. The molecule has 0 aliphatic carbocycles. The van der Waals surface area contributed by atoms with Gasteiger partial charge in [-0.1, -0.05) is 30.3 Å². The van der Waals surface area contributed by atoms with Crippen molar-refractivity contribution in [2.75, 3.05) is 13.7 Å². The van der Waals surface area contributed by atoms with Gasteiger partial charge < -0.3 is 9.84 Å². The Morgan fingerprint density at radius 2 is 2.10 bits per heavy atom. The molecular formula is C14H19N2O4+. The Labute approximate surface area is 117 Å². The Balaban J connectivity index is 2.21. The molecule has 108 valence electrons. The fourth-order valence-corrected chi connectivity index (χ4v) is 2.54. The van der Waals surface area contributed by atoms with Crippen LogP contribution in [0.25, 0.3) is 0 Å². The second-order valence-electron chi connectivity index (χ2n) is 4.96. The first-order valence-corrected chi connectivity index (χ1v) is 6.57. The summed E-state index contributed by atoms with van der Waals surface area (Å²) in [6.07, 6.45) is 0.267. The number of nitrogens with zero attached hydrogens (tertiary/aromatic N) is 1. The first-order valence-electron chi connectivity index (χ1n) is 6.57. The quantitative estimate of drug-likeness (QED) is 0.648. The van der Waals surface area contributed by atoms with Gasteiger partial charge in [-0.15, -0.1) is 10.0 Å². The summed E-state index contributed by atoms with van der Waals surface area (Å²) in [4.78, 5) is 23.3. The maximum absolute atomic E-state index is 11.7. The number of nitrogens with one attached hydrogen (secondary N) is 1. The molecule has 6 nitrogen and oxygen atoms in total. The maximum Gasteiger partial charge on any atom is 0.533 e. The Hall–Kier alpha value is -1.92. The minimum Gasteiger partial charge on any atom is -0.468 e. The highest BCUT2D eigenvalue weighted by molar-refractivity contribution is 5.75. The zero-order valence-corrected chi connectivity index (χ0v) is 11.4. The first kappa shape index (κ1) is 14.5. The van der Waals surface area contributed by atoms with Crippen molar-refractivity contribution in [3.63, 3.8) is 0 Å². The van der Waals surface area contributed by atoms with E-state index in [0.29, 0.717) is 25.9 Å². The average molecular weight is 279 g/mol. The number of amides is 1. The van der Waals surface area contributed by atoms with Crippen LogP contribution < -0.4 is 5.43 Å². The van der Waals surface area contributed by atoms with E-state index in [2.05, 4.69) is 5.43 Å². The summed E-state index contributed by atoms with van der Waals surface area (Å²) in [7, 11) is 1.31. The van der Waals surface area contributed by atoms with E-state index in [1.54, 1.807) is 0 Å². The molecule has 6 heteroatoms. The van der Waals surface area contributed by atoms with Crippen LogP contribution in [0, 0.1) is 0 Å². The lowest BCUT2D eigenvalue weighted by Gasteiger charge is -2.38. The lowest BCUT2D eigenvalue weighted by Crippen LogP contribution is -2.68. The highest BCUT2D eigenvalue weighted by Crippen LogP contribution is 2.21. The topological polar surface area (TPSA) is 75.6 Å². The zero-order chi connectivity index (χ0) is 14.6. The number of benzene rings is 1. The number of methoxy groups -OCH3 is 1. The van der Waals surface area contributed by atoms with Crippen LogP contribution in [0.3, 0.4) is 0 Å². The van der Waals surface area contributed by atoms with Gasteiger partial charge in [-0.3, -0.25) is 4.79 Å². The Bertz CT molecular complexity index is 491. The molecule has 0 spiro atoms. The molecule has 0 radical (unpaired) electrons. The van der Waals surface area contributed by atoms with Crippen LogP contribution in [0.2, 0.25) is 0 Å². The van der Waals surface area contributed by atoms with Crippen molar-refractivity contribution in [3.8, 4) is 0 Å². The van der Waals surface area contributed by atoms with Crippen LogP contribution in [0.1, 0.15) is 18.4 Å². The lowest BCUT2D eigenvalue weighted by atomic mass is 10.1. The van der Waals surface area contributed by atoms with E-state index in [1.165, 1.54) is 7.11 Å². The van der Waals surface area contributed by atoms with E-state index in [9.17, 15) is 14.7 Å². The number of carbonyl (C=O) groups excluding carboxylic acids is 1. The summed E-state index contributed by atoms with van der Waals surface area (Å²) in [6, 6.07) is 8.81. The smallest absolute Gasteiger partial charge is 0.468 e. The van der Waals surface area contributed by atoms with Crippen LogP contribution in [-0.4, -0.2) is 41.5 Å². The van der Waals surface area contributed by atoms with Crippen molar-refractivity contribution < 1.29 is 24.0 Å². The number of hydrogen-bond donors (Lipinski definition) is 2. The van der Waals surface area contributed by atoms with Gasteiger partial charge in [0.15, 0.2) is 6.04 Å². The first-order chi connectivity index (χ1) is 9.57. The highest BCUT2D eigenvalue weighted by atomic mass is 16.5. The molecule has 1 aliphatic rings. The fraction of sp³-hybridized carbons (Fsp3) is 0.429. The summed E-state index contributed by atoms with van der Waals surface area (Å²) < 4.78 is 4.37. The molecule has 2 atom stereocenters. The minimum absolute atomic E-state index is 0.295. The van der Waals surface area contributed by atoms with E-state index >= 15 is 0 Å². The van der Waals surface area contributed by atoms with Gasteiger partial charge in [-0.25, -0.2) is 0 Å². The predicted octanol–water partition coefficient (Wildman–Crippen LogP) is 1.52. The van der Waals surface area contributed by atoms with Crippen molar-refractivity contribution >= 4 is 12.1 Å². The molecular weight excluding hydrogens is 260 g/mol. The molecule has 1 amide bonds. The molecule has 1 heterocycles. The van der Waals surface area contributed by atoms with E-state index in [4.69, 9.17) is 4.74 Å². The van der Waals surface area contributed by atoms with Gasteiger partial charge in [-0.05, 0) is 6.42 Å². The van der Waals surface area contributed by atoms with Crippen molar-refractivity contribution in [1.82, 2.24) is 5.43 Å². The zero-order valence-electron chi connectivity index (χ0n) is 11.4. The molecule has 1 fully saturated rings. The molecule has 0 saturated carbocycles. The van der Waals surface area contributed by atoms with Gasteiger partial charge in [0, 0.05) is 12.0 Å². The van der Waals surface area contributed by atoms with Crippen molar-refractivity contribution in [3.05, 3.63) is 35.9 Å². The molecule has 1 saturated heterocycles.